The lowest BCUT2D eigenvalue weighted by Gasteiger charge is -2.37. The summed E-state index contributed by atoms with van der Waals surface area (Å²) < 4.78 is 31.0. The third kappa shape index (κ3) is 6.94. The van der Waals surface area contributed by atoms with Gasteiger partial charge < -0.3 is 24.5 Å². The zero-order valence-electron chi connectivity index (χ0n) is 22.4. The van der Waals surface area contributed by atoms with E-state index in [1.807, 2.05) is 49.4 Å². The highest BCUT2D eigenvalue weighted by molar-refractivity contribution is 5.79. The van der Waals surface area contributed by atoms with E-state index < -0.39 is 17.9 Å². The Balaban J connectivity index is 1.32. The molecule has 41 heavy (non-hydrogen) atoms. The van der Waals surface area contributed by atoms with Gasteiger partial charge in [-0.3, -0.25) is 15.1 Å². The largest absolute Gasteiger partial charge is 0.445 e. The number of ether oxygens (including phenoxy) is 3. The number of amides is 2. The number of hydrogen-bond acceptors (Lipinski definition) is 7. The number of hydrogen-bond donors (Lipinski definition) is 3. The van der Waals surface area contributed by atoms with Crippen LogP contribution in [-0.2, 0) is 31.5 Å². The van der Waals surface area contributed by atoms with E-state index in [9.17, 15) is 14.0 Å². The SMILES string of the molecule is CC1COC(NC(=O)CCNC(=O)OCc2ccccc2)(c2nc(-c3ccc(F)cc3)c(-c3ccncc3)[nH]2)OC1. The molecule has 2 amide bonds. The van der Waals surface area contributed by atoms with Crippen molar-refractivity contribution >= 4 is 12.0 Å². The van der Waals surface area contributed by atoms with Crippen molar-refractivity contribution in [3.8, 4) is 22.5 Å². The number of H-pyrrole nitrogens is 1. The second kappa shape index (κ2) is 12.7. The third-order valence-electron chi connectivity index (χ3n) is 6.38. The predicted octanol–water partition coefficient (Wildman–Crippen LogP) is 4.50. The number of carbonyl (C=O) groups excluding carboxylic acids is 2. The van der Waals surface area contributed by atoms with Crippen LogP contribution in [0.5, 0.6) is 0 Å². The van der Waals surface area contributed by atoms with E-state index in [0.29, 0.717) is 30.2 Å². The number of nitrogens with zero attached hydrogens (tertiary/aromatic N) is 2. The number of nitrogens with one attached hydrogen (secondary N) is 3. The number of pyridine rings is 1. The summed E-state index contributed by atoms with van der Waals surface area (Å²) >= 11 is 0. The molecule has 2 aromatic carbocycles. The van der Waals surface area contributed by atoms with Gasteiger partial charge in [0.15, 0.2) is 5.82 Å². The first-order valence-electron chi connectivity index (χ1n) is 13.2. The molecule has 1 saturated heterocycles. The topological polar surface area (TPSA) is 127 Å². The number of rotatable bonds is 9. The van der Waals surface area contributed by atoms with Crippen LogP contribution in [0.1, 0.15) is 24.7 Å². The van der Waals surface area contributed by atoms with Crippen LogP contribution in [0, 0.1) is 11.7 Å². The molecule has 0 unspecified atom stereocenters. The lowest BCUT2D eigenvalue weighted by molar-refractivity contribution is -0.307. The highest BCUT2D eigenvalue weighted by Gasteiger charge is 2.44. The number of halogens is 1. The van der Waals surface area contributed by atoms with Crippen LogP contribution in [0.3, 0.4) is 0 Å². The van der Waals surface area contributed by atoms with Gasteiger partial charge in [-0.2, -0.15) is 0 Å². The molecule has 4 aromatic rings. The van der Waals surface area contributed by atoms with E-state index >= 15 is 0 Å². The minimum Gasteiger partial charge on any atom is -0.445 e. The maximum absolute atomic E-state index is 13.7. The fraction of sp³-hybridized carbons (Fsp3) is 0.267. The Labute approximate surface area is 236 Å². The molecule has 1 fully saturated rings. The molecule has 0 radical (unpaired) electrons. The van der Waals surface area contributed by atoms with Gasteiger partial charge in [0.25, 0.3) is 0 Å². The summed E-state index contributed by atoms with van der Waals surface area (Å²) in [5.74, 6) is -2.19. The summed E-state index contributed by atoms with van der Waals surface area (Å²) in [5, 5.41) is 5.39. The Morgan fingerprint density at radius 1 is 1.02 bits per heavy atom. The fourth-order valence-electron chi connectivity index (χ4n) is 4.25. The smallest absolute Gasteiger partial charge is 0.407 e. The third-order valence-corrected chi connectivity index (χ3v) is 6.38. The van der Waals surface area contributed by atoms with Crippen LogP contribution in [0.4, 0.5) is 9.18 Å². The molecule has 0 bridgehead atoms. The normalized spacial score (nSPS) is 18.4. The molecule has 1 aliphatic rings. The molecule has 0 aliphatic carbocycles. The maximum Gasteiger partial charge on any atom is 0.407 e. The van der Waals surface area contributed by atoms with Gasteiger partial charge in [0, 0.05) is 42.4 Å². The summed E-state index contributed by atoms with van der Waals surface area (Å²) in [7, 11) is 0. The van der Waals surface area contributed by atoms with Crippen molar-refractivity contribution in [1.29, 1.82) is 0 Å². The minimum atomic E-state index is -1.70. The number of benzene rings is 2. The van der Waals surface area contributed by atoms with Gasteiger partial charge in [-0.05, 0) is 42.0 Å². The average molecular weight is 560 g/mol. The molecular formula is C30H30FN5O5. The zero-order valence-corrected chi connectivity index (χ0v) is 22.4. The van der Waals surface area contributed by atoms with Gasteiger partial charge >= 0.3 is 12.0 Å². The molecular weight excluding hydrogens is 529 g/mol. The van der Waals surface area contributed by atoms with Gasteiger partial charge in [-0.25, -0.2) is 14.2 Å². The molecule has 0 spiro atoms. The first-order valence-corrected chi connectivity index (χ1v) is 13.2. The molecule has 11 heteroatoms. The van der Waals surface area contributed by atoms with Gasteiger partial charge in [-0.1, -0.05) is 37.3 Å². The lowest BCUT2D eigenvalue weighted by atomic mass is 10.1. The first kappa shape index (κ1) is 27.9. The molecule has 3 N–H and O–H groups in total. The quantitative estimate of drug-likeness (QED) is 0.275. The Bertz CT molecular complexity index is 1460. The minimum absolute atomic E-state index is 0.0349. The van der Waals surface area contributed by atoms with Crippen LogP contribution in [0.2, 0.25) is 0 Å². The number of imidazole rings is 1. The zero-order chi connectivity index (χ0) is 28.7. The van der Waals surface area contributed by atoms with Crippen molar-refractivity contribution in [3.05, 3.63) is 96.3 Å². The summed E-state index contributed by atoms with van der Waals surface area (Å²) in [6.07, 6.45) is 2.60. The second-order valence-electron chi connectivity index (χ2n) is 9.68. The van der Waals surface area contributed by atoms with Crippen molar-refractivity contribution in [3.63, 3.8) is 0 Å². The highest BCUT2D eigenvalue weighted by Crippen LogP contribution is 2.35. The number of carbonyl (C=O) groups is 2. The molecule has 3 heterocycles. The first-order chi connectivity index (χ1) is 19.9. The van der Waals surface area contributed by atoms with Crippen molar-refractivity contribution in [2.45, 2.75) is 25.9 Å². The molecule has 10 nitrogen and oxygen atoms in total. The van der Waals surface area contributed by atoms with Crippen molar-refractivity contribution < 1.29 is 28.2 Å². The molecule has 5 rings (SSSR count). The highest BCUT2D eigenvalue weighted by atomic mass is 19.1. The predicted molar refractivity (Wildman–Crippen MR) is 147 cm³/mol. The summed E-state index contributed by atoms with van der Waals surface area (Å²) in [6.45, 7) is 2.73. The van der Waals surface area contributed by atoms with Crippen molar-refractivity contribution in [2.75, 3.05) is 19.8 Å². The Hall–Kier alpha value is -4.61. The standard InChI is InChI=1S/C30H30FN5O5/c1-20-17-40-30(41-18-20,36-25(37)13-16-33-29(38)39-19-21-5-3-2-4-6-21)28-34-26(22-7-9-24(31)10-8-22)27(35-28)23-11-14-32-15-12-23/h2-12,14-15,20H,13,16-19H2,1H3,(H,33,38)(H,34,35)(H,36,37). The van der Waals surface area contributed by atoms with E-state index in [1.54, 1.807) is 24.5 Å². The number of aromatic amines is 1. The summed E-state index contributed by atoms with van der Waals surface area (Å²) in [4.78, 5) is 37.2. The van der Waals surface area contributed by atoms with Crippen LogP contribution in [0.15, 0.2) is 79.1 Å². The van der Waals surface area contributed by atoms with Gasteiger partial charge in [-0.15, -0.1) is 0 Å². The van der Waals surface area contributed by atoms with Gasteiger partial charge in [0.05, 0.1) is 24.6 Å². The van der Waals surface area contributed by atoms with E-state index in [-0.39, 0.29) is 37.1 Å². The second-order valence-corrected chi connectivity index (χ2v) is 9.68. The van der Waals surface area contributed by atoms with Crippen LogP contribution < -0.4 is 10.6 Å². The number of aromatic nitrogens is 3. The molecule has 212 valence electrons. The summed E-state index contributed by atoms with van der Waals surface area (Å²) in [6, 6.07) is 18.9. The Kier molecular flexibility index (Phi) is 8.66. The monoisotopic (exact) mass is 559 g/mol. The van der Waals surface area contributed by atoms with E-state index in [1.165, 1.54) is 12.1 Å². The lowest BCUT2D eigenvalue weighted by Crippen LogP contribution is -2.55. The molecule has 0 saturated carbocycles. The van der Waals surface area contributed by atoms with Crippen molar-refractivity contribution in [2.24, 2.45) is 5.92 Å². The maximum atomic E-state index is 13.7. The summed E-state index contributed by atoms with van der Waals surface area (Å²) in [5.41, 5.74) is 3.43. The fourth-order valence-corrected chi connectivity index (χ4v) is 4.25. The van der Waals surface area contributed by atoms with Crippen LogP contribution in [-0.4, -0.2) is 46.7 Å². The molecule has 1 aliphatic heterocycles. The van der Waals surface area contributed by atoms with Crippen molar-refractivity contribution in [1.82, 2.24) is 25.6 Å². The number of alkyl carbamates (subject to hydrolysis) is 1. The van der Waals surface area contributed by atoms with E-state index in [0.717, 1.165) is 11.1 Å². The molecule has 2 aromatic heterocycles. The van der Waals surface area contributed by atoms with E-state index in [4.69, 9.17) is 19.2 Å². The van der Waals surface area contributed by atoms with Crippen LogP contribution >= 0.6 is 0 Å². The van der Waals surface area contributed by atoms with Gasteiger partial charge in [0.2, 0.25) is 5.91 Å². The molecule has 0 atom stereocenters. The Morgan fingerprint density at radius 2 is 1.73 bits per heavy atom. The van der Waals surface area contributed by atoms with Crippen LogP contribution in [0.25, 0.3) is 22.5 Å². The van der Waals surface area contributed by atoms with Gasteiger partial charge in [0.1, 0.15) is 12.4 Å². The van der Waals surface area contributed by atoms with E-state index in [2.05, 4.69) is 20.6 Å². The Morgan fingerprint density at radius 3 is 2.44 bits per heavy atom. The average Bonchev–Trinajstić information content (AvgIpc) is 3.45.